The van der Waals surface area contributed by atoms with Crippen LogP contribution in [-0.4, -0.2) is 32.7 Å². The molecule has 2 aromatic rings. The van der Waals surface area contributed by atoms with Gasteiger partial charge in [0.05, 0.1) is 20.3 Å². The van der Waals surface area contributed by atoms with Gasteiger partial charge in [0.2, 0.25) is 5.76 Å². The fourth-order valence-corrected chi connectivity index (χ4v) is 2.47. The maximum Gasteiger partial charge on any atom is 0.374 e. The molecular formula is C17H18BrNO6. The molecule has 0 bridgehead atoms. The maximum absolute atomic E-state index is 12.0. The van der Waals surface area contributed by atoms with Crippen LogP contribution in [0.4, 0.5) is 0 Å². The molecule has 0 aliphatic heterocycles. The minimum Gasteiger partial charge on any atom is -0.497 e. The number of hydrogen-bond donors (Lipinski definition) is 1. The summed E-state index contributed by atoms with van der Waals surface area (Å²) in [5.41, 5.74) is 0.747. The minimum atomic E-state index is -0.715. The van der Waals surface area contributed by atoms with E-state index in [1.54, 1.807) is 45.4 Å². The predicted octanol–water partition coefficient (Wildman–Crippen LogP) is 3.09. The summed E-state index contributed by atoms with van der Waals surface area (Å²) in [4.78, 5) is 23.8. The zero-order chi connectivity index (χ0) is 18.4. The third-order valence-electron chi connectivity index (χ3n) is 3.39. The lowest BCUT2D eigenvalue weighted by Crippen LogP contribution is -2.31. The van der Waals surface area contributed by atoms with Gasteiger partial charge in [-0.3, -0.25) is 4.79 Å². The van der Waals surface area contributed by atoms with Crippen LogP contribution in [0.1, 0.15) is 29.1 Å². The van der Waals surface area contributed by atoms with Crippen molar-refractivity contribution in [1.82, 2.24) is 5.32 Å². The lowest BCUT2D eigenvalue weighted by atomic mass is 10.1. The van der Waals surface area contributed by atoms with E-state index in [0.717, 1.165) is 5.56 Å². The van der Waals surface area contributed by atoms with Crippen LogP contribution in [-0.2, 0) is 9.53 Å². The Hall–Kier alpha value is -2.48. The van der Waals surface area contributed by atoms with Crippen molar-refractivity contribution in [2.75, 3.05) is 20.8 Å². The van der Waals surface area contributed by atoms with Crippen LogP contribution < -0.4 is 14.8 Å². The van der Waals surface area contributed by atoms with Crippen molar-refractivity contribution in [2.24, 2.45) is 0 Å². The van der Waals surface area contributed by atoms with E-state index in [1.807, 2.05) is 0 Å². The first kappa shape index (κ1) is 18.9. The Morgan fingerprint density at radius 2 is 1.96 bits per heavy atom. The van der Waals surface area contributed by atoms with Crippen molar-refractivity contribution in [1.29, 1.82) is 0 Å². The normalized spacial score (nSPS) is 11.5. The molecule has 0 aliphatic carbocycles. The fraction of sp³-hybridized carbons (Fsp3) is 0.294. The standard InChI is InChI=1S/C17H18BrNO6/c1-10(12-8-11(22-2)4-5-13(12)23-3)19-16(20)9-24-17(21)14-6-7-15(18)25-14/h4-8,10H,9H2,1-3H3,(H,19,20)/t10-/m1/s1. The number of rotatable bonds is 7. The van der Waals surface area contributed by atoms with Gasteiger partial charge < -0.3 is 23.9 Å². The number of hydrogen-bond acceptors (Lipinski definition) is 6. The second-order valence-corrected chi connectivity index (χ2v) is 5.86. The molecule has 1 heterocycles. The Morgan fingerprint density at radius 3 is 2.56 bits per heavy atom. The molecule has 0 unspecified atom stereocenters. The van der Waals surface area contributed by atoms with Crippen molar-refractivity contribution in [3.05, 3.63) is 46.3 Å². The van der Waals surface area contributed by atoms with Crippen LogP contribution in [0.2, 0.25) is 0 Å². The van der Waals surface area contributed by atoms with Gasteiger partial charge in [-0.15, -0.1) is 0 Å². The number of ether oxygens (including phenoxy) is 3. The molecule has 0 aliphatic rings. The Bertz CT molecular complexity index is 757. The molecule has 8 heteroatoms. The minimum absolute atomic E-state index is 0.0159. The van der Waals surface area contributed by atoms with Gasteiger partial charge >= 0.3 is 5.97 Å². The zero-order valence-electron chi connectivity index (χ0n) is 14.0. The summed E-state index contributed by atoms with van der Waals surface area (Å²) in [6.07, 6.45) is 0. The van der Waals surface area contributed by atoms with E-state index in [9.17, 15) is 9.59 Å². The number of esters is 1. The first-order valence-corrected chi connectivity index (χ1v) is 8.17. The van der Waals surface area contributed by atoms with Crippen molar-refractivity contribution in [3.63, 3.8) is 0 Å². The average Bonchev–Trinajstić information content (AvgIpc) is 3.05. The van der Waals surface area contributed by atoms with Crippen molar-refractivity contribution < 1.29 is 28.2 Å². The number of methoxy groups -OCH3 is 2. The number of halogens is 1. The highest BCUT2D eigenvalue weighted by atomic mass is 79.9. The number of carbonyl (C=O) groups is 2. The van der Waals surface area contributed by atoms with Crippen LogP contribution in [0.15, 0.2) is 39.4 Å². The Morgan fingerprint density at radius 1 is 1.20 bits per heavy atom. The van der Waals surface area contributed by atoms with Gasteiger partial charge in [0.1, 0.15) is 11.5 Å². The summed E-state index contributed by atoms with van der Waals surface area (Å²) in [7, 11) is 3.10. The number of amides is 1. The highest BCUT2D eigenvalue weighted by Crippen LogP contribution is 2.29. The van der Waals surface area contributed by atoms with Crippen molar-refractivity contribution in [3.8, 4) is 11.5 Å². The molecular weight excluding hydrogens is 394 g/mol. The largest absolute Gasteiger partial charge is 0.497 e. The Labute approximate surface area is 153 Å². The summed E-state index contributed by atoms with van der Waals surface area (Å²) < 4.78 is 20.9. The molecule has 1 aromatic heterocycles. The second kappa shape index (κ2) is 8.57. The van der Waals surface area contributed by atoms with Crippen LogP contribution in [0.25, 0.3) is 0 Å². The third-order valence-corrected chi connectivity index (χ3v) is 3.82. The topological polar surface area (TPSA) is 87.0 Å². The molecule has 7 nitrogen and oxygen atoms in total. The Kier molecular flexibility index (Phi) is 6.46. The summed E-state index contributed by atoms with van der Waals surface area (Å²) >= 11 is 3.09. The molecule has 134 valence electrons. The van der Waals surface area contributed by atoms with E-state index in [2.05, 4.69) is 21.2 Å². The molecule has 0 radical (unpaired) electrons. The first-order chi connectivity index (χ1) is 11.9. The van der Waals surface area contributed by atoms with Crippen LogP contribution >= 0.6 is 15.9 Å². The van der Waals surface area contributed by atoms with E-state index in [-0.39, 0.29) is 11.8 Å². The van der Waals surface area contributed by atoms with Gasteiger partial charge in [0, 0.05) is 5.56 Å². The molecule has 1 N–H and O–H groups in total. The van der Waals surface area contributed by atoms with Gasteiger partial charge in [-0.25, -0.2) is 4.79 Å². The molecule has 0 fully saturated rings. The van der Waals surface area contributed by atoms with Gasteiger partial charge in [-0.05, 0) is 53.2 Å². The first-order valence-electron chi connectivity index (χ1n) is 7.38. The Balaban J connectivity index is 1.95. The lowest BCUT2D eigenvalue weighted by molar-refractivity contribution is -0.124. The van der Waals surface area contributed by atoms with E-state index < -0.39 is 18.5 Å². The molecule has 25 heavy (non-hydrogen) atoms. The van der Waals surface area contributed by atoms with E-state index >= 15 is 0 Å². The zero-order valence-corrected chi connectivity index (χ0v) is 15.6. The molecule has 1 amide bonds. The van der Waals surface area contributed by atoms with Crippen molar-refractivity contribution >= 4 is 27.8 Å². The number of benzene rings is 1. The van der Waals surface area contributed by atoms with E-state index in [1.165, 1.54) is 6.07 Å². The van der Waals surface area contributed by atoms with Gasteiger partial charge in [-0.1, -0.05) is 0 Å². The smallest absolute Gasteiger partial charge is 0.374 e. The lowest BCUT2D eigenvalue weighted by Gasteiger charge is -2.18. The fourth-order valence-electron chi connectivity index (χ4n) is 2.16. The van der Waals surface area contributed by atoms with Gasteiger partial charge in [0.25, 0.3) is 5.91 Å². The molecule has 0 saturated carbocycles. The number of carbonyl (C=O) groups excluding carboxylic acids is 2. The molecule has 1 atom stereocenters. The van der Waals surface area contributed by atoms with Gasteiger partial charge in [0.15, 0.2) is 11.3 Å². The highest BCUT2D eigenvalue weighted by Gasteiger charge is 2.18. The predicted molar refractivity (Wildman–Crippen MR) is 92.8 cm³/mol. The third kappa shape index (κ3) is 4.99. The average molecular weight is 412 g/mol. The molecule has 0 spiro atoms. The summed E-state index contributed by atoms with van der Waals surface area (Å²) in [5, 5.41) is 2.74. The van der Waals surface area contributed by atoms with Crippen molar-refractivity contribution in [2.45, 2.75) is 13.0 Å². The second-order valence-electron chi connectivity index (χ2n) is 5.08. The quantitative estimate of drug-likeness (QED) is 0.704. The number of nitrogens with one attached hydrogen (secondary N) is 1. The summed E-state index contributed by atoms with van der Waals surface area (Å²) in [6.45, 7) is 1.37. The number of furan rings is 1. The SMILES string of the molecule is COc1ccc(OC)c([C@@H](C)NC(=O)COC(=O)c2ccc(Br)o2)c1. The van der Waals surface area contributed by atoms with Crippen LogP contribution in [0.3, 0.4) is 0 Å². The van der Waals surface area contributed by atoms with Crippen LogP contribution in [0.5, 0.6) is 11.5 Å². The van der Waals surface area contributed by atoms with E-state index in [4.69, 9.17) is 18.6 Å². The molecule has 0 saturated heterocycles. The molecule has 2 rings (SSSR count). The highest BCUT2D eigenvalue weighted by molar-refractivity contribution is 9.10. The van der Waals surface area contributed by atoms with Gasteiger partial charge in [-0.2, -0.15) is 0 Å². The molecule has 1 aromatic carbocycles. The van der Waals surface area contributed by atoms with Crippen LogP contribution in [0, 0.1) is 0 Å². The summed E-state index contributed by atoms with van der Waals surface area (Å²) in [6, 6.07) is 7.94. The summed E-state index contributed by atoms with van der Waals surface area (Å²) in [5.74, 6) is 0.115. The monoisotopic (exact) mass is 411 g/mol. The van der Waals surface area contributed by atoms with E-state index in [0.29, 0.717) is 16.2 Å². The maximum atomic E-state index is 12.0.